The van der Waals surface area contributed by atoms with E-state index in [9.17, 15) is 4.79 Å². The summed E-state index contributed by atoms with van der Waals surface area (Å²) in [6, 6.07) is 4.70. The molecule has 1 aromatic carbocycles. The third-order valence-electron chi connectivity index (χ3n) is 2.17. The van der Waals surface area contributed by atoms with Gasteiger partial charge >= 0.3 is 5.97 Å². The van der Waals surface area contributed by atoms with Crippen molar-refractivity contribution in [3.8, 4) is 11.5 Å². The summed E-state index contributed by atoms with van der Waals surface area (Å²) in [5.41, 5.74) is 0.0989. The van der Waals surface area contributed by atoms with E-state index < -0.39 is 5.97 Å². The van der Waals surface area contributed by atoms with Gasteiger partial charge in [-0.25, -0.2) is 4.79 Å². The van der Waals surface area contributed by atoms with E-state index in [1.807, 2.05) is 0 Å². The Morgan fingerprint density at radius 1 is 1.29 bits per heavy atom. The van der Waals surface area contributed by atoms with E-state index in [1.165, 1.54) is 13.2 Å². The molecular weight excluding hydrogens is 224 g/mol. The number of hydrogen-bond donors (Lipinski definition) is 1. The first-order chi connectivity index (χ1) is 8.19. The van der Waals surface area contributed by atoms with Crippen molar-refractivity contribution in [1.82, 2.24) is 0 Å². The van der Waals surface area contributed by atoms with Crippen LogP contribution in [-0.4, -0.2) is 38.5 Å². The summed E-state index contributed by atoms with van der Waals surface area (Å²) in [4.78, 5) is 11.0. The molecule has 0 heterocycles. The van der Waals surface area contributed by atoms with E-state index in [2.05, 4.69) is 0 Å². The van der Waals surface area contributed by atoms with Gasteiger partial charge in [0, 0.05) is 20.1 Å². The average Bonchev–Trinajstić information content (AvgIpc) is 2.34. The van der Waals surface area contributed by atoms with Crippen molar-refractivity contribution >= 4 is 5.97 Å². The molecule has 0 saturated heterocycles. The van der Waals surface area contributed by atoms with E-state index in [0.717, 1.165) is 0 Å². The number of carbonyl (C=O) groups is 1. The Morgan fingerprint density at radius 2 is 2.06 bits per heavy atom. The minimum Gasteiger partial charge on any atom is -0.497 e. The standard InChI is InChI=1S/C12H16O5/c1-15-6-3-7-17-11-5-4-9(16-2)8-10(11)12(13)14/h4-5,8H,3,6-7H2,1-2H3,(H,13,14). The first-order valence-electron chi connectivity index (χ1n) is 5.22. The second-order valence-corrected chi connectivity index (χ2v) is 3.36. The molecule has 0 saturated carbocycles. The Bertz CT molecular complexity index is 375. The number of carboxylic acid groups (broad SMARTS) is 1. The van der Waals surface area contributed by atoms with Crippen molar-refractivity contribution in [2.45, 2.75) is 6.42 Å². The summed E-state index contributed by atoms with van der Waals surface area (Å²) < 4.78 is 15.2. The van der Waals surface area contributed by atoms with Crippen molar-refractivity contribution < 1.29 is 24.1 Å². The molecule has 0 radical (unpaired) electrons. The monoisotopic (exact) mass is 240 g/mol. The predicted octanol–water partition coefficient (Wildman–Crippen LogP) is 1.81. The number of rotatable bonds is 7. The van der Waals surface area contributed by atoms with E-state index in [-0.39, 0.29) is 5.56 Å². The average molecular weight is 240 g/mol. The molecule has 1 N–H and O–H groups in total. The molecule has 0 aliphatic carbocycles. The Kier molecular flexibility index (Phi) is 5.29. The molecule has 0 unspecified atom stereocenters. The van der Waals surface area contributed by atoms with Gasteiger partial charge in [-0.3, -0.25) is 0 Å². The topological polar surface area (TPSA) is 65.0 Å². The minimum absolute atomic E-state index is 0.0989. The zero-order valence-electron chi connectivity index (χ0n) is 9.93. The van der Waals surface area contributed by atoms with E-state index in [4.69, 9.17) is 19.3 Å². The van der Waals surface area contributed by atoms with Gasteiger partial charge in [0.2, 0.25) is 0 Å². The van der Waals surface area contributed by atoms with Crippen LogP contribution in [0.2, 0.25) is 0 Å². The van der Waals surface area contributed by atoms with Gasteiger partial charge in [-0.1, -0.05) is 0 Å². The highest BCUT2D eigenvalue weighted by Crippen LogP contribution is 2.24. The summed E-state index contributed by atoms with van der Waals surface area (Å²) in [5, 5.41) is 9.03. The lowest BCUT2D eigenvalue weighted by atomic mass is 10.2. The van der Waals surface area contributed by atoms with Gasteiger partial charge in [-0.05, 0) is 18.2 Å². The van der Waals surface area contributed by atoms with E-state index >= 15 is 0 Å². The van der Waals surface area contributed by atoms with Gasteiger partial charge in [0.1, 0.15) is 17.1 Å². The fourth-order valence-electron chi connectivity index (χ4n) is 1.31. The van der Waals surface area contributed by atoms with Crippen LogP contribution >= 0.6 is 0 Å². The van der Waals surface area contributed by atoms with Crippen LogP contribution < -0.4 is 9.47 Å². The number of hydrogen-bond acceptors (Lipinski definition) is 4. The molecule has 0 spiro atoms. The molecule has 0 aliphatic rings. The van der Waals surface area contributed by atoms with Crippen LogP contribution in [-0.2, 0) is 4.74 Å². The second-order valence-electron chi connectivity index (χ2n) is 3.36. The van der Waals surface area contributed by atoms with Crippen LogP contribution in [0.25, 0.3) is 0 Å². The third kappa shape index (κ3) is 3.96. The van der Waals surface area contributed by atoms with Crippen LogP contribution in [0.15, 0.2) is 18.2 Å². The van der Waals surface area contributed by atoms with Crippen LogP contribution in [0.5, 0.6) is 11.5 Å². The molecule has 0 amide bonds. The van der Waals surface area contributed by atoms with Crippen LogP contribution in [0.4, 0.5) is 0 Å². The summed E-state index contributed by atoms with van der Waals surface area (Å²) in [6.07, 6.45) is 0.710. The minimum atomic E-state index is -1.04. The maximum Gasteiger partial charge on any atom is 0.339 e. The normalized spacial score (nSPS) is 10.0. The largest absolute Gasteiger partial charge is 0.497 e. The second kappa shape index (κ2) is 6.75. The quantitative estimate of drug-likeness (QED) is 0.736. The van der Waals surface area contributed by atoms with E-state index in [0.29, 0.717) is 31.1 Å². The van der Waals surface area contributed by atoms with Crippen molar-refractivity contribution in [3.05, 3.63) is 23.8 Å². The Labute approximate surface area is 99.9 Å². The predicted molar refractivity (Wildman–Crippen MR) is 61.9 cm³/mol. The molecule has 0 aromatic heterocycles. The summed E-state index contributed by atoms with van der Waals surface area (Å²) >= 11 is 0. The van der Waals surface area contributed by atoms with Gasteiger partial charge in [-0.2, -0.15) is 0 Å². The Hall–Kier alpha value is -1.75. The fourth-order valence-corrected chi connectivity index (χ4v) is 1.31. The number of ether oxygens (including phenoxy) is 3. The smallest absolute Gasteiger partial charge is 0.339 e. The van der Waals surface area contributed by atoms with Crippen LogP contribution in [0.3, 0.4) is 0 Å². The molecule has 0 fully saturated rings. The van der Waals surface area contributed by atoms with Gasteiger partial charge in [-0.15, -0.1) is 0 Å². The van der Waals surface area contributed by atoms with Gasteiger partial charge in [0.15, 0.2) is 0 Å². The Morgan fingerprint density at radius 3 is 2.65 bits per heavy atom. The van der Waals surface area contributed by atoms with Crippen LogP contribution in [0.1, 0.15) is 16.8 Å². The first kappa shape index (κ1) is 13.3. The summed E-state index contributed by atoms with van der Waals surface area (Å²) in [6.45, 7) is 0.999. The third-order valence-corrected chi connectivity index (χ3v) is 2.17. The van der Waals surface area contributed by atoms with Crippen LogP contribution in [0, 0.1) is 0 Å². The van der Waals surface area contributed by atoms with Crippen molar-refractivity contribution in [2.24, 2.45) is 0 Å². The van der Waals surface area contributed by atoms with Gasteiger partial charge in [0.25, 0.3) is 0 Å². The lowest BCUT2D eigenvalue weighted by Gasteiger charge is -2.10. The molecule has 94 valence electrons. The molecule has 1 aromatic rings. The lowest BCUT2D eigenvalue weighted by molar-refractivity contribution is 0.0691. The van der Waals surface area contributed by atoms with Gasteiger partial charge in [0.05, 0.1) is 13.7 Å². The highest BCUT2D eigenvalue weighted by molar-refractivity contribution is 5.91. The molecule has 5 heteroatoms. The number of methoxy groups -OCH3 is 2. The lowest BCUT2D eigenvalue weighted by Crippen LogP contribution is -2.06. The molecular formula is C12H16O5. The Balaban J connectivity index is 2.73. The van der Waals surface area contributed by atoms with Crippen molar-refractivity contribution in [3.63, 3.8) is 0 Å². The zero-order chi connectivity index (χ0) is 12.7. The van der Waals surface area contributed by atoms with Gasteiger partial charge < -0.3 is 19.3 Å². The zero-order valence-corrected chi connectivity index (χ0v) is 9.93. The molecule has 0 atom stereocenters. The number of carboxylic acids is 1. The highest BCUT2D eigenvalue weighted by atomic mass is 16.5. The number of benzene rings is 1. The van der Waals surface area contributed by atoms with Crippen molar-refractivity contribution in [1.29, 1.82) is 0 Å². The van der Waals surface area contributed by atoms with E-state index in [1.54, 1.807) is 19.2 Å². The first-order valence-corrected chi connectivity index (χ1v) is 5.22. The molecule has 1 rings (SSSR count). The summed E-state index contributed by atoms with van der Waals surface area (Å²) in [7, 11) is 3.09. The SMILES string of the molecule is COCCCOc1ccc(OC)cc1C(=O)O. The molecule has 0 bridgehead atoms. The summed E-state index contributed by atoms with van der Waals surface area (Å²) in [5.74, 6) is -0.202. The fraction of sp³-hybridized carbons (Fsp3) is 0.417. The molecule has 5 nitrogen and oxygen atoms in total. The molecule has 17 heavy (non-hydrogen) atoms. The van der Waals surface area contributed by atoms with Crippen molar-refractivity contribution in [2.75, 3.05) is 27.4 Å². The maximum atomic E-state index is 11.0. The number of aromatic carboxylic acids is 1. The molecule has 0 aliphatic heterocycles. The maximum absolute atomic E-state index is 11.0. The highest BCUT2D eigenvalue weighted by Gasteiger charge is 2.12.